The van der Waals surface area contributed by atoms with Gasteiger partial charge in [-0.1, -0.05) is 167 Å². The molecule has 0 N–H and O–H groups in total. The third-order valence-corrected chi connectivity index (χ3v) is 10.9. The van der Waals surface area contributed by atoms with E-state index in [-0.39, 0.29) is 11.6 Å². The summed E-state index contributed by atoms with van der Waals surface area (Å²) in [6.07, 6.45) is 5.44. The molecule has 0 aliphatic rings. The Hall–Kier alpha value is -5.33. The van der Waals surface area contributed by atoms with Crippen molar-refractivity contribution in [3.05, 3.63) is 211 Å². The average Bonchev–Trinajstić information content (AvgIpc) is 3.66. The van der Waals surface area contributed by atoms with Gasteiger partial charge in [-0.3, -0.25) is 0 Å². The lowest BCUT2D eigenvalue weighted by Gasteiger charge is -2.37. The van der Waals surface area contributed by atoms with Crippen LogP contribution < -0.4 is 21.6 Å². The van der Waals surface area contributed by atoms with Crippen LogP contribution in [-0.4, -0.2) is 25.8 Å². The van der Waals surface area contributed by atoms with Gasteiger partial charge in [0.25, 0.3) is 0 Å². The quantitative estimate of drug-likeness (QED) is 0.203. The van der Waals surface area contributed by atoms with Gasteiger partial charge in [0.1, 0.15) is 11.6 Å². The van der Waals surface area contributed by atoms with Gasteiger partial charge in [-0.25, -0.2) is 13.8 Å². The smallest absolute Gasteiger partial charge is 0.241 e. The number of imidazole rings is 1. The first-order chi connectivity index (χ1) is 22.6. The predicted molar refractivity (Wildman–Crippen MR) is 190 cm³/mol. The highest BCUT2D eigenvalue weighted by Gasteiger charge is 2.36. The molecule has 6 aromatic carbocycles. The lowest BCUT2D eigenvalue weighted by atomic mass is 9.37. The minimum absolute atomic E-state index is 0.279. The largest absolute Gasteiger partial charge is 0.326 e. The van der Waals surface area contributed by atoms with Crippen molar-refractivity contribution in [1.29, 1.82) is 0 Å². The number of hydrogen-bond donors (Lipinski definition) is 0. The Morgan fingerprint density at radius 1 is 0.500 bits per heavy atom. The van der Waals surface area contributed by atoms with Crippen LogP contribution >= 0.6 is 0 Å². The lowest BCUT2D eigenvalue weighted by molar-refractivity contribution is 0.584. The van der Waals surface area contributed by atoms with Crippen LogP contribution in [0.3, 0.4) is 0 Å². The van der Waals surface area contributed by atoms with Crippen molar-refractivity contribution in [2.75, 3.05) is 0 Å². The molecule has 1 heterocycles. The second-order valence-electron chi connectivity index (χ2n) is 11.2. The van der Waals surface area contributed by atoms with E-state index < -0.39 is 14.7 Å². The van der Waals surface area contributed by atoms with E-state index in [2.05, 4.69) is 113 Å². The first-order valence-corrected chi connectivity index (χ1v) is 16.7. The van der Waals surface area contributed by atoms with Gasteiger partial charge in [-0.05, 0) is 35.4 Å². The molecule has 2 nitrogen and oxygen atoms in total. The lowest BCUT2D eigenvalue weighted by Crippen LogP contribution is -2.51. The van der Waals surface area contributed by atoms with E-state index in [1.807, 2.05) is 48.7 Å². The van der Waals surface area contributed by atoms with Crippen LogP contribution in [0.5, 0.6) is 0 Å². The molecule has 0 aliphatic heterocycles. The predicted octanol–water partition coefficient (Wildman–Crippen LogP) is 5.61. The van der Waals surface area contributed by atoms with E-state index in [4.69, 9.17) is 0 Å². The fourth-order valence-corrected chi connectivity index (χ4v) is 8.45. The first-order valence-electron chi connectivity index (χ1n) is 15.3. The molecule has 1 aromatic heterocycles. The Morgan fingerprint density at radius 2 is 0.891 bits per heavy atom. The molecule has 0 saturated heterocycles. The van der Waals surface area contributed by atoms with Crippen molar-refractivity contribution in [3.8, 4) is 0 Å². The molecule has 7 rings (SSSR count). The van der Waals surface area contributed by atoms with Gasteiger partial charge in [0.2, 0.25) is 6.71 Å². The topological polar surface area (TPSA) is 17.8 Å². The summed E-state index contributed by atoms with van der Waals surface area (Å²) >= 11 is 0. The summed E-state index contributed by atoms with van der Waals surface area (Å²) in [4.78, 5) is 4.25. The third-order valence-electron chi connectivity index (χ3n) is 8.29. The minimum atomic E-state index is -1.02. The fraction of sp³-hybridized carbons (Fsp3) is 0.0250. The molecule has 0 fully saturated rings. The van der Waals surface area contributed by atoms with Crippen LogP contribution in [0.4, 0.5) is 8.78 Å². The third kappa shape index (κ3) is 6.98. The van der Waals surface area contributed by atoms with Crippen LogP contribution in [0.2, 0.25) is 0 Å². The first kappa shape index (κ1) is 30.7. The normalized spacial score (nSPS) is 11.2. The second kappa shape index (κ2) is 14.6. The van der Waals surface area contributed by atoms with Crippen LogP contribution in [-0.2, 0) is 5.16 Å². The summed E-state index contributed by atoms with van der Waals surface area (Å²) in [6, 6.07) is 55.5. The number of nitrogens with zero attached hydrogens (tertiary/aromatic N) is 2. The molecule has 0 spiro atoms. The van der Waals surface area contributed by atoms with E-state index >= 15 is 0 Å². The number of halogens is 2. The highest BCUT2D eigenvalue weighted by molar-refractivity contribution is 6.95. The molecule has 0 unspecified atom stereocenters. The molecule has 0 radical (unpaired) electrons. The van der Waals surface area contributed by atoms with Crippen LogP contribution in [0.15, 0.2) is 189 Å². The number of aromatic nitrogens is 2. The van der Waals surface area contributed by atoms with Crippen LogP contribution in [0.25, 0.3) is 0 Å². The summed E-state index contributed by atoms with van der Waals surface area (Å²) < 4.78 is 29.3. The van der Waals surface area contributed by atoms with Gasteiger partial charge >= 0.3 is 0 Å². The van der Waals surface area contributed by atoms with E-state index in [9.17, 15) is 8.78 Å². The summed E-state index contributed by atoms with van der Waals surface area (Å²) in [5, 5.41) is 0.707. The maximum absolute atomic E-state index is 13.6. The van der Waals surface area contributed by atoms with Crippen molar-refractivity contribution in [2.45, 2.75) is 5.16 Å². The maximum Gasteiger partial charge on any atom is 0.241 e. The zero-order valence-electron chi connectivity index (χ0n) is 25.3. The number of rotatable bonds is 8. The van der Waals surface area contributed by atoms with Gasteiger partial charge in [-0.15, -0.1) is 0 Å². The van der Waals surface area contributed by atoms with E-state index in [0.717, 1.165) is 11.1 Å². The Bertz CT molecular complexity index is 1760. The van der Waals surface area contributed by atoms with E-state index in [1.54, 1.807) is 12.5 Å². The van der Waals surface area contributed by atoms with Crippen molar-refractivity contribution in [2.24, 2.45) is 0 Å². The van der Waals surface area contributed by atoms with Crippen molar-refractivity contribution in [1.82, 2.24) is 9.55 Å². The maximum atomic E-state index is 13.6. The highest BCUT2D eigenvalue weighted by Crippen LogP contribution is 2.33. The Kier molecular flexibility index (Phi) is 9.76. The zero-order valence-corrected chi connectivity index (χ0v) is 26.7. The molecule has 7 aromatic rings. The number of hydrogen-bond acceptors (Lipinski definition) is 1. The standard InChI is InChI=1S/C22H18F2N2Si.C18H15B/c23-19-10-6-17(7-11-19)22(26-15-14-25-16-26,18-8-12-20(24)13-9-18)27-21-4-2-1-3-5-21;1-4-10-16(11-5-1)19(17-12-6-2-7-13-17)18-14-8-3-9-15-18/h1-16H,27H2;1-15H. The van der Waals surface area contributed by atoms with Crippen molar-refractivity contribution >= 4 is 37.8 Å². The zero-order chi connectivity index (χ0) is 31.6. The molecular weight excluding hydrogens is 585 g/mol. The Morgan fingerprint density at radius 3 is 1.26 bits per heavy atom. The Labute approximate surface area is 272 Å². The molecule has 0 aliphatic carbocycles. The molecule has 0 amide bonds. The second-order valence-corrected chi connectivity index (χ2v) is 13.4. The van der Waals surface area contributed by atoms with Gasteiger partial charge in [-0.2, -0.15) is 0 Å². The van der Waals surface area contributed by atoms with Gasteiger partial charge in [0.05, 0.1) is 21.0 Å². The average molecular weight is 619 g/mol. The van der Waals surface area contributed by atoms with Gasteiger partial charge in [0.15, 0.2) is 0 Å². The number of benzene rings is 6. The Balaban J connectivity index is 0.000000172. The van der Waals surface area contributed by atoms with Crippen molar-refractivity contribution < 1.29 is 8.78 Å². The van der Waals surface area contributed by atoms with Crippen molar-refractivity contribution in [3.63, 3.8) is 0 Å². The highest BCUT2D eigenvalue weighted by atomic mass is 28.2. The molecule has 224 valence electrons. The molecule has 0 saturated carbocycles. The molecule has 0 atom stereocenters. The summed E-state index contributed by atoms with van der Waals surface area (Å²) in [7, 11) is -1.02. The van der Waals surface area contributed by atoms with Crippen LogP contribution in [0.1, 0.15) is 11.1 Å². The molecule has 0 bridgehead atoms. The summed E-state index contributed by atoms with van der Waals surface area (Å²) in [5.74, 6) is -0.558. The van der Waals surface area contributed by atoms with Crippen LogP contribution in [0, 0.1) is 11.6 Å². The monoisotopic (exact) mass is 618 g/mol. The SMILES string of the molecule is Fc1ccc(C([SiH2]c2ccccc2)(c2ccc(F)cc2)n2ccnc2)cc1.c1ccc(B(c2ccccc2)c2ccccc2)cc1. The van der Waals surface area contributed by atoms with E-state index in [1.165, 1.54) is 45.8 Å². The summed E-state index contributed by atoms with van der Waals surface area (Å²) in [5.41, 5.74) is 5.92. The van der Waals surface area contributed by atoms with E-state index in [0.29, 0.717) is 6.71 Å². The summed E-state index contributed by atoms with van der Waals surface area (Å²) in [6.45, 7) is 0.309. The van der Waals surface area contributed by atoms with Gasteiger partial charge < -0.3 is 4.57 Å². The molecule has 46 heavy (non-hydrogen) atoms. The molecular formula is C40H33BF2N2Si. The van der Waals surface area contributed by atoms with Gasteiger partial charge in [0, 0.05) is 12.4 Å². The fourth-order valence-electron chi connectivity index (χ4n) is 6.10. The molecule has 6 heteroatoms. The minimum Gasteiger partial charge on any atom is -0.326 e.